The second-order valence-corrected chi connectivity index (χ2v) is 4.00. The fourth-order valence-electron chi connectivity index (χ4n) is 1.90. The van der Waals surface area contributed by atoms with Crippen LogP contribution in [0.4, 0.5) is 0 Å². The highest BCUT2D eigenvalue weighted by molar-refractivity contribution is 5.71. The standard InChI is InChI=1S/C14H14O2/c1-9-7-11(15)3-5-13(9)14-6-4-12(16)8-10(14)2/h3-8,15-16H,1-2H3. The lowest BCUT2D eigenvalue weighted by molar-refractivity contribution is 0.474. The summed E-state index contributed by atoms with van der Waals surface area (Å²) < 4.78 is 0. The zero-order chi connectivity index (χ0) is 11.7. The molecule has 0 saturated carbocycles. The van der Waals surface area contributed by atoms with E-state index in [9.17, 15) is 10.2 Å². The summed E-state index contributed by atoms with van der Waals surface area (Å²) in [4.78, 5) is 0. The van der Waals surface area contributed by atoms with Crippen molar-refractivity contribution in [3.8, 4) is 22.6 Å². The van der Waals surface area contributed by atoms with Crippen molar-refractivity contribution in [3.63, 3.8) is 0 Å². The van der Waals surface area contributed by atoms with E-state index in [0.717, 1.165) is 22.3 Å². The second-order valence-electron chi connectivity index (χ2n) is 4.00. The van der Waals surface area contributed by atoms with Crippen molar-refractivity contribution in [2.45, 2.75) is 13.8 Å². The SMILES string of the molecule is Cc1cc(O)ccc1-c1ccc(O)cc1C. The van der Waals surface area contributed by atoms with E-state index in [0.29, 0.717) is 0 Å². The Morgan fingerprint density at radius 1 is 0.688 bits per heavy atom. The van der Waals surface area contributed by atoms with Crippen LogP contribution in [-0.4, -0.2) is 10.2 Å². The molecule has 2 rings (SSSR count). The topological polar surface area (TPSA) is 40.5 Å². The van der Waals surface area contributed by atoms with Gasteiger partial charge in [0.25, 0.3) is 0 Å². The Bertz CT molecular complexity index is 481. The lowest BCUT2D eigenvalue weighted by atomic mass is 9.96. The second kappa shape index (κ2) is 3.89. The summed E-state index contributed by atoms with van der Waals surface area (Å²) in [5.74, 6) is 0.551. The summed E-state index contributed by atoms with van der Waals surface area (Å²) in [5, 5.41) is 18.7. The van der Waals surface area contributed by atoms with Gasteiger partial charge in [-0.3, -0.25) is 0 Å². The summed E-state index contributed by atoms with van der Waals surface area (Å²) in [6.07, 6.45) is 0. The van der Waals surface area contributed by atoms with Crippen molar-refractivity contribution in [1.29, 1.82) is 0 Å². The number of aromatic hydroxyl groups is 2. The third kappa shape index (κ3) is 1.87. The first-order valence-electron chi connectivity index (χ1n) is 5.17. The Hall–Kier alpha value is -1.96. The smallest absolute Gasteiger partial charge is 0.115 e. The van der Waals surface area contributed by atoms with Gasteiger partial charge in [-0.1, -0.05) is 12.1 Å². The lowest BCUT2D eigenvalue weighted by Crippen LogP contribution is -1.86. The molecule has 0 amide bonds. The average Bonchev–Trinajstić information content (AvgIpc) is 2.19. The van der Waals surface area contributed by atoms with Crippen LogP contribution in [0.25, 0.3) is 11.1 Å². The normalized spacial score (nSPS) is 10.4. The Labute approximate surface area is 94.8 Å². The predicted molar refractivity (Wildman–Crippen MR) is 64.7 cm³/mol. The van der Waals surface area contributed by atoms with E-state index >= 15 is 0 Å². The van der Waals surface area contributed by atoms with Gasteiger partial charge in [-0.25, -0.2) is 0 Å². The summed E-state index contributed by atoms with van der Waals surface area (Å²) in [6.45, 7) is 3.92. The molecule has 0 aromatic heterocycles. The van der Waals surface area contributed by atoms with Crippen LogP contribution in [0, 0.1) is 13.8 Å². The Balaban J connectivity index is 2.59. The maximum Gasteiger partial charge on any atom is 0.115 e. The molecule has 0 spiro atoms. The van der Waals surface area contributed by atoms with E-state index in [1.807, 2.05) is 26.0 Å². The van der Waals surface area contributed by atoms with E-state index in [1.54, 1.807) is 24.3 Å². The monoisotopic (exact) mass is 214 g/mol. The average molecular weight is 214 g/mol. The minimum absolute atomic E-state index is 0.276. The Morgan fingerprint density at radius 2 is 1.06 bits per heavy atom. The van der Waals surface area contributed by atoms with Crippen molar-refractivity contribution in [2.75, 3.05) is 0 Å². The largest absolute Gasteiger partial charge is 0.508 e. The first-order valence-corrected chi connectivity index (χ1v) is 5.17. The number of phenols is 2. The first-order chi connectivity index (χ1) is 7.58. The quantitative estimate of drug-likeness (QED) is 0.764. The molecule has 2 aromatic rings. The van der Waals surface area contributed by atoms with E-state index in [4.69, 9.17) is 0 Å². The van der Waals surface area contributed by atoms with Crippen molar-refractivity contribution in [3.05, 3.63) is 47.5 Å². The predicted octanol–water partition coefficient (Wildman–Crippen LogP) is 3.38. The van der Waals surface area contributed by atoms with Crippen LogP contribution in [0.2, 0.25) is 0 Å². The zero-order valence-corrected chi connectivity index (χ0v) is 9.36. The third-order valence-corrected chi connectivity index (χ3v) is 2.71. The number of rotatable bonds is 1. The Kier molecular flexibility index (Phi) is 2.57. The summed E-state index contributed by atoms with van der Waals surface area (Å²) in [6, 6.07) is 10.6. The van der Waals surface area contributed by atoms with Gasteiger partial charge < -0.3 is 10.2 Å². The van der Waals surface area contributed by atoms with Crippen LogP contribution >= 0.6 is 0 Å². The van der Waals surface area contributed by atoms with Crippen LogP contribution in [0.5, 0.6) is 11.5 Å². The van der Waals surface area contributed by atoms with Gasteiger partial charge in [-0.15, -0.1) is 0 Å². The molecular formula is C14H14O2. The van der Waals surface area contributed by atoms with Gasteiger partial charge in [-0.05, 0) is 60.4 Å². The van der Waals surface area contributed by atoms with E-state index in [1.165, 1.54) is 0 Å². The highest BCUT2D eigenvalue weighted by Crippen LogP contribution is 2.30. The number of phenolic OH excluding ortho intramolecular Hbond substituents is 2. The molecule has 0 radical (unpaired) electrons. The van der Waals surface area contributed by atoms with Crippen LogP contribution in [0.3, 0.4) is 0 Å². The summed E-state index contributed by atoms with van der Waals surface area (Å²) >= 11 is 0. The molecule has 0 heterocycles. The fourth-order valence-corrected chi connectivity index (χ4v) is 1.90. The molecule has 0 aliphatic rings. The van der Waals surface area contributed by atoms with Crippen LogP contribution < -0.4 is 0 Å². The van der Waals surface area contributed by atoms with Gasteiger partial charge in [0.2, 0.25) is 0 Å². The maximum atomic E-state index is 9.36. The maximum absolute atomic E-state index is 9.36. The van der Waals surface area contributed by atoms with Gasteiger partial charge in [0, 0.05) is 0 Å². The van der Waals surface area contributed by atoms with Crippen LogP contribution in [0.1, 0.15) is 11.1 Å². The van der Waals surface area contributed by atoms with Crippen molar-refractivity contribution < 1.29 is 10.2 Å². The number of benzene rings is 2. The number of hydrogen-bond donors (Lipinski definition) is 2. The molecule has 0 saturated heterocycles. The Morgan fingerprint density at radius 3 is 1.38 bits per heavy atom. The minimum atomic E-state index is 0.276. The molecule has 2 heteroatoms. The molecule has 0 unspecified atom stereocenters. The molecule has 2 aromatic carbocycles. The van der Waals surface area contributed by atoms with E-state index < -0.39 is 0 Å². The molecule has 2 nitrogen and oxygen atoms in total. The number of hydrogen-bond acceptors (Lipinski definition) is 2. The van der Waals surface area contributed by atoms with Crippen molar-refractivity contribution >= 4 is 0 Å². The van der Waals surface area contributed by atoms with Gasteiger partial charge in [0.15, 0.2) is 0 Å². The molecule has 82 valence electrons. The van der Waals surface area contributed by atoms with Crippen molar-refractivity contribution in [1.82, 2.24) is 0 Å². The first kappa shape index (κ1) is 10.6. The summed E-state index contributed by atoms with van der Waals surface area (Å²) in [7, 11) is 0. The minimum Gasteiger partial charge on any atom is -0.508 e. The molecule has 0 atom stereocenters. The molecule has 0 aliphatic heterocycles. The lowest BCUT2D eigenvalue weighted by Gasteiger charge is -2.10. The van der Waals surface area contributed by atoms with Crippen molar-refractivity contribution in [2.24, 2.45) is 0 Å². The summed E-state index contributed by atoms with van der Waals surface area (Å²) in [5.41, 5.74) is 4.20. The van der Waals surface area contributed by atoms with Gasteiger partial charge in [0.05, 0.1) is 0 Å². The molecule has 0 aliphatic carbocycles. The van der Waals surface area contributed by atoms with E-state index in [2.05, 4.69) is 0 Å². The molecular weight excluding hydrogens is 200 g/mol. The van der Waals surface area contributed by atoms with Crippen LogP contribution in [-0.2, 0) is 0 Å². The molecule has 0 bridgehead atoms. The van der Waals surface area contributed by atoms with Gasteiger partial charge in [-0.2, -0.15) is 0 Å². The number of aryl methyl sites for hydroxylation is 2. The van der Waals surface area contributed by atoms with E-state index in [-0.39, 0.29) is 11.5 Å². The van der Waals surface area contributed by atoms with Gasteiger partial charge in [0.1, 0.15) is 11.5 Å². The van der Waals surface area contributed by atoms with Crippen LogP contribution in [0.15, 0.2) is 36.4 Å². The molecule has 2 N–H and O–H groups in total. The third-order valence-electron chi connectivity index (χ3n) is 2.71. The highest BCUT2D eigenvalue weighted by Gasteiger charge is 2.06. The highest BCUT2D eigenvalue weighted by atomic mass is 16.3. The molecule has 0 fully saturated rings. The zero-order valence-electron chi connectivity index (χ0n) is 9.36. The fraction of sp³-hybridized carbons (Fsp3) is 0.143. The molecule has 16 heavy (non-hydrogen) atoms. The van der Waals surface area contributed by atoms with Gasteiger partial charge >= 0.3 is 0 Å².